The highest BCUT2D eigenvalue weighted by Gasteiger charge is 2.21. The molecule has 0 atom stereocenters. The third-order valence-electron chi connectivity index (χ3n) is 2.37. The van der Waals surface area contributed by atoms with Crippen LogP contribution in [0.15, 0.2) is 30.3 Å². The molecule has 1 aromatic carbocycles. The van der Waals surface area contributed by atoms with Crippen LogP contribution < -0.4 is 5.32 Å². The average molecular weight is 297 g/mol. The molecule has 7 heteroatoms. The maximum Gasteiger partial charge on any atom is 0.299 e. The highest BCUT2D eigenvalue weighted by molar-refractivity contribution is 7.18. The minimum Gasteiger partial charge on any atom is -0.321 e. The number of carbonyl (C=O) groups excluding carboxylic acids is 1. The minimum atomic E-state index is -0.609. The Morgan fingerprint density at radius 3 is 2.74 bits per heavy atom. The third-order valence-corrected chi connectivity index (χ3v) is 3.70. The van der Waals surface area contributed by atoms with Crippen LogP contribution in [0.25, 0.3) is 0 Å². The monoisotopic (exact) mass is 296 g/mol. The number of hydrogen-bond donors (Lipinski definition) is 1. The first-order chi connectivity index (χ1) is 8.97. The normalized spacial score (nSPS) is 10.2. The van der Waals surface area contributed by atoms with Crippen LogP contribution in [0.5, 0.6) is 0 Å². The van der Waals surface area contributed by atoms with E-state index in [-0.39, 0.29) is 14.9 Å². The lowest BCUT2D eigenvalue weighted by Crippen LogP contribution is -2.10. The van der Waals surface area contributed by atoms with Crippen LogP contribution in [0, 0.1) is 17.0 Å². The van der Waals surface area contributed by atoms with Crippen molar-refractivity contribution < 1.29 is 9.72 Å². The summed E-state index contributed by atoms with van der Waals surface area (Å²) < 4.78 is -0.000563. The van der Waals surface area contributed by atoms with Gasteiger partial charge in [-0.2, -0.15) is 0 Å². The zero-order valence-corrected chi connectivity index (χ0v) is 11.4. The van der Waals surface area contributed by atoms with Gasteiger partial charge in [-0.15, -0.1) is 11.3 Å². The van der Waals surface area contributed by atoms with E-state index in [4.69, 9.17) is 11.6 Å². The van der Waals surface area contributed by atoms with Crippen LogP contribution in [-0.2, 0) is 0 Å². The first-order valence-corrected chi connectivity index (χ1v) is 6.48. The SMILES string of the molecule is Cc1cccc(NC(=O)c2cc([N+](=O)[O-])c(Cl)s2)c1. The Morgan fingerprint density at radius 1 is 1.42 bits per heavy atom. The summed E-state index contributed by atoms with van der Waals surface area (Å²) in [5.41, 5.74) is 1.39. The van der Waals surface area contributed by atoms with Gasteiger partial charge in [0, 0.05) is 11.8 Å². The van der Waals surface area contributed by atoms with E-state index in [0.717, 1.165) is 16.9 Å². The standard InChI is InChI=1S/C12H9ClN2O3S/c1-7-3-2-4-8(5-7)14-12(16)10-6-9(15(17)18)11(13)19-10/h2-6H,1H3,(H,14,16). The summed E-state index contributed by atoms with van der Waals surface area (Å²) in [6.45, 7) is 1.91. The van der Waals surface area contributed by atoms with Gasteiger partial charge in [0.05, 0.1) is 4.92 Å². The van der Waals surface area contributed by atoms with Gasteiger partial charge in [0.2, 0.25) is 0 Å². The maximum absolute atomic E-state index is 11.9. The van der Waals surface area contributed by atoms with Crippen LogP contribution in [0.3, 0.4) is 0 Å². The quantitative estimate of drug-likeness (QED) is 0.690. The molecule has 98 valence electrons. The fraction of sp³-hybridized carbons (Fsp3) is 0.0833. The van der Waals surface area contributed by atoms with E-state index in [1.54, 1.807) is 6.07 Å². The number of halogens is 1. The third kappa shape index (κ3) is 3.10. The van der Waals surface area contributed by atoms with E-state index in [2.05, 4.69) is 5.32 Å². The number of nitrogens with one attached hydrogen (secondary N) is 1. The maximum atomic E-state index is 11.9. The Balaban J connectivity index is 2.21. The highest BCUT2D eigenvalue weighted by atomic mass is 35.5. The predicted molar refractivity (Wildman–Crippen MR) is 75.1 cm³/mol. The van der Waals surface area contributed by atoms with Gasteiger partial charge in [-0.25, -0.2) is 0 Å². The molecule has 0 saturated carbocycles. The molecule has 0 spiro atoms. The number of benzene rings is 1. The van der Waals surface area contributed by atoms with Gasteiger partial charge in [0.25, 0.3) is 11.6 Å². The molecular formula is C12H9ClN2O3S. The zero-order valence-electron chi connectivity index (χ0n) is 9.84. The van der Waals surface area contributed by atoms with Crippen LogP contribution in [0.4, 0.5) is 11.4 Å². The molecule has 1 amide bonds. The topological polar surface area (TPSA) is 72.2 Å². The van der Waals surface area contributed by atoms with Gasteiger partial charge in [-0.05, 0) is 24.6 Å². The summed E-state index contributed by atoms with van der Waals surface area (Å²) in [5, 5.41) is 13.3. The molecule has 0 fully saturated rings. The lowest BCUT2D eigenvalue weighted by Gasteiger charge is -2.03. The number of thiophene rings is 1. The number of nitrogens with zero attached hydrogens (tertiary/aromatic N) is 1. The van der Waals surface area contributed by atoms with E-state index in [1.807, 2.05) is 25.1 Å². The van der Waals surface area contributed by atoms with Crippen LogP contribution in [0.2, 0.25) is 4.34 Å². The second-order valence-corrected chi connectivity index (χ2v) is 5.50. The lowest BCUT2D eigenvalue weighted by atomic mass is 10.2. The fourth-order valence-corrected chi connectivity index (χ4v) is 2.63. The van der Waals surface area contributed by atoms with Crippen molar-refractivity contribution in [1.82, 2.24) is 0 Å². The summed E-state index contributed by atoms with van der Waals surface area (Å²) in [5.74, 6) is -0.411. The van der Waals surface area contributed by atoms with E-state index in [1.165, 1.54) is 6.07 Å². The number of hydrogen-bond acceptors (Lipinski definition) is 4. The Morgan fingerprint density at radius 2 is 2.16 bits per heavy atom. The fourth-order valence-electron chi connectivity index (χ4n) is 1.51. The van der Waals surface area contributed by atoms with E-state index >= 15 is 0 Å². The van der Waals surface area contributed by atoms with E-state index in [9.17, 15) is 14.9 Å². The van der Waals surface area contributed by atoms with Crippen molar-refractivity contribution in [3.63, 3.8) is 0 Å². The van der Waals surface area contributed by atoms with Gasteiger partial charge in [0.1, 0.15) is 4.88 Å². The summed E-state index contributed by atoms with van der Waals surface area (Å²) in [6, 6.07) is 8.45. The molecule has 0 aliphatic carbocycles. The van der Waals surface area contributed by atoms with Crippen molar-refractivity contribution in [2.45, 2.75) is 6.92 Å². The molecule has 0 aliphatic heterocycles. The number of amides is 1. The largest absolute Gasteiger partial charge is 0.321 e. The van der Waals surface area contributed by atoms with E-state index < -0.39 is 10.8 Å². The molecule has 2 rings (SSSR count). The summed E-state index contributed by atoms with van der Waals surface area (Å²) in [4.78, 5) is 22.2. The van der Waals surface area contributed by atoms with Crippen molar-refractivity contribution in [2.24, 2.45) is 0 Å². The Hall–Kier alpha value is -1.92. The smallest absolute Gasteiger partial charge is 0.299 e. The van der Waals surface area contributed by atoms with Crippen LogP contribution in [-0.4, -0.2) is 10.8 Å². The van der Waals surface area contributed by atoms with Crippen molar-refractivity contribution in [1.29, 1.82) is 0 Å². The number of anilines is 1. The Kier molecular flexibility index (Phi) is 3.82. The molecule has 0 unspecified atom stereocenters. The molecule has 0 radical (unpaired) electrons. The lowest BCUT2D eigenvalue weighted by molar-refractivity contribution is -0.384. The molecule has 0 bridgehead atoms. The minimum absolute atomic E-state index is 0.000563. The molecule has 0 saturated heterocycles. The summed E-state index contributed by atoms with van der Waals surface area (Å²) in [7, 11) is 0. The zero-order chi connectivity index (χ0) is 14.0. The summed E-state index contributed by atoms with van der Waals surface area (Å²) >= 11 is 6.60. The Bertz CT molecular complexity index is 654. The predicted octanol–water partition coefficient (Wildman–Crippen LogP) is 3.87. The number of rotatable bonds is 3. The second kappa shape index (κ2) is 5.38. The molecule has 2 aromatic rings. The van der Waals surface area contributed by atoms with Crippen molar-refractivity contribution in [3.05, 3.63) is 55.2 Å². The number of nitro groups is 1. The van der Waals surface area contributed by atoms with Crippen molar-refractivity contribution >= 4 is 40.2 Å². The summed E-state index contributed by atoms with van der Waals surface area (Å²) in [6.07, 6.45) is 0. The van der Waals surface area contributed by atoms with Crippen LogP contribution in [0.1, 0.15) is 15.2 Å². The number of aryl methyl sites for hydroxylation is 1. The van der Waals surface area contributed by atoms with Gasteiger partial charge in [-0.1, -0.05) is 23.7 Å². The van der Waals surface area contributed by atoms with E-state index in [0.29, 0.717) is 5.69 Å². The number of carbonyl (C=O) groups is 1. The average Bonchev–Trinajstić information content (AvgIpc) is 2.71. The molecule has 0 aliphatic rings. The highest BCUT2D eigenvalue weighted by Crippen LogP contribution is 2.34. The van der Waals surface area contributed by atoms with Crippen molar-refractivity contribution in [3.8, 4) is 0 Å². The molecule has 19 heavy (non-hydrogen) atoms. The molecular weight excluding hydrogens is 288 g/mol. The molecule has 5 nitrogen and oxygen atoms in total. The van der Waals surface area contributed by atoms with Gasteiger partial charge in [0.15, 0.2) is 4.34 Å². The first kappa shape index (κ1) is 13.5. The van der Waals surface area contributed by atoms with Gasteiger partial charge in [-0.3, -0.25) is 14.9 Å². The molecule has 1 aromatic heterocycles. The molecule has 1 N–H and O–H groups in total. The molecule has 1 heterocycles. The Labute approximate surface area is 118 Å². The van der Waals surface area contributed by atoms with Crippen LogP contribution >= 0.6 is 22.9 Å². The first-order valence-electron chi connectivity index (χ1n) is 5.29. The van der Waals surface area contributed by atoms with Gasteiger partial charge >= 0.3 is 0 Å². The second-order valence-electron chi connectivity index (χ2n) is 3.85. The van der Waals surface area contributed by atoms with Crippen molar-refractivity contribution in [2.75, 3.05) is 5.32 Å². The van der Waals surface area contributed by atoms with Gasteiger partial charge < -0.3 is 5.32 Å².